The molecular formula is C15H22O2. The van der Waals surface area contributed by atoms with Crippen molar-refractivity contribution in [3.63, 3.8) is 0 Å². The molecule has 94 valence electrons. The van der Waals surface area contributed by atoms with Gasteiger partial charge in [-0.25, -0.2) is 0 Å². The summed E-state index contributed by atoms with van der Waals surface area (Å²) in [6.45, 7) is 1.95. The molecule has 1 aliphatic carbocycles. The van der Waals surface area contributed by atoms with E-state index in [4.69, 9.17) is 4.74 Å². The standard InChI is InChI=1S/C15H22O2/c1-15(16,12-6-4-3-5-7-12)13-8-10-14(17-2)11-9-13/h8-12,16H,3-7H2,1-2H3/t15-/m0/s1. The van der Waals surface area contributed by atoms with Crippen molar-refractivity contribution in [2.75, 3.05) is 7.11 Å². The van der Waals surface area contributed by atoms with E-state index in [0.29, 0.717) is 5.92 Å². The fourth-order valence-corrected chi connectivity index (χ4v) is 2.83. The normalized spacial score (nSPS) is 20.9. The average molecular weight is 234 g/mol. The Morgan fingerprint density at radius 3 is 2.24 bits per heavy atom. The van der Waals surface area contributed by atoms with Gasteiger partial charge in [-0.1, -0.05) is 31.4 Å². The molecule has 1 saturated carbocycles. The highest BCUT2D eigenvalue weighted by Crippen LogP contribution is 2.39. The maximum absolute atomic E-state index is 10.7. The molecule has 1 N–H and O–H groups in total. The quantitative estimate of drug-likeness (QED) is 0.867. The topological polar surface area (TPSA) is 29.5 Å². The van der Waals surface area contributed by atoms with Crippen LogP contribution in [0.2, 0.25) is 0 Å². The molecule has 2 rings (SSSR count). The Morgan fingerprint density at radius 1 is 1.12 bits per heavy atom. The molecule has 1 aromatic carbocycles. The van der Waals surface area contributed by atoms with Crippen LogP contribution in [-0.4, -0.2) is 12.2 Å². The molecule has 2 nitrogen and oxygen atoms in total. The van der Waals surface area contributed by atoms with Gasteiger partial charge in [0.05, 0.1) is 12.7 Å². The molecule has 0 heterocycles. The van der Waals surface area contributed by atoms with Gasteiger partial charge in [0.25, 0.3) is 0 Å². The van der Waals surface area contributed by atoms with Crippen LogP contribution in [0.15, 0.2) is 24.3 Å². The number of benzene rings is 1. The summed E-state index contributed by atoms with van der Waals surface area (Å²) in [7, 11) is 1.66. The lowest BCUT2D eigenvalue weighted by Gasteiger charge is -2.36. The van der Waals surface area contributed by atoms with Gasteiger partial charge in [-0.3, -0.25) is 0 Å². The molecule has 0 spiro atoms. The monoisotopic (exact) mass is 234 g/mol. The van der Waals surface area contributed by atoms with Crippen LogP contribution in [0.5, 0.6) is 5.75 Å². The number of ether oxygens (including phenoxy) is 1. The molecule has 1 aliphatic rings. The zero-order chi connectivity index (χ0) is 12.3. The van der Waals surface area contributed by atoms with Crippen molar-refractivity contribution in [2.45, 2.75) is 44.6 Å². The van der Waals surface area contributed by atoms with Crippen LogP contribution in [-0.2, 0) is 5.60 Å². The first-order valence-corrected chi connectivity index (χ1v) is 6.51. The summed E-state index contributed by atoms with van der Waals surface area (Å²) in [5.41, 5.74) is 0.303. The molecule has 0 aromatic heterocycles. The van der Waals surface area contributed by atoms with E-state index in [2.05, 4.69) is 0 Å². The maximum atomic E-state index is 10.7. The smallest absolute Gasteiger partial charge is 0.118 e. The minimum Gasteiger partial charge on any atom is -0.497 e. The molecule has 0 radical (unpaired) electrons. The predicted octanol–water partition coefficient (Wildman–Crippen LogP) is 3.48. The first-order valence-electron chi connectivity index (χ1n) is 6.51. The van der Waals surface area contributed by atoms with Crippen molar-refractivity contribution in [2.24, 2.45) is 5.92 Å². The van der Waals surface area contributed by atoms with Gasteiger partial charge in [0.15, 0.2) is 0 Å². The van der Waals surface area contributed by atoms with E-state index < -0.39 is 5.60 Å². The lowest BCUT2D eigenvalue weighted by atomic mass is 9.74. The third-order valence-corrected chi connectivity index (χ3v) is 4.07. The predicted molar refractivity (Wildman–Crippen MR) is 69.1 cm³/mol. The largest absolute Gasteiger partial charge is 0.497 e. The van der Waals surface area contributed by atoms with Gasteiger partial charge < -0.3 is 9.84 Å². The highest BCUT2D eigenvalue weighted by molar-refractivity contribution is 5.31. The molecule has 2 heteroatoms. The van der Waals surface area contributed by atoms with Crippen LogP contribution in [0.1, 0.15) is 44.6 Å². The van der Waals surface area contributed by atoms with Crippen LogP contribution in [0, 0.1) is 5.92 Å². The summed E-state index contributed by atoms with van der Waals surface area (Å²) in [6.07, 6.45) is 6.08. The fraction of sp³-hybridized carbons (Fsp3) is 0.600. The van der Waals surface area contributed by atoms with E-state index in [9.17, 15) is 5.11 Å². The van der Waals surface area contributed by atoms with E-state index >= 15 is 0 Å². The van der Waals surface area contributed by atoms with E-state index in [0.717, 1.165) is 24.2 Å². The van der Waals surface area contributed by atoms with Gasteiger partial charge in [0, 0.05) is 0 Å². The summed E-state index contributed by atoms with van der Waals surface area (Å²) < 4.78 is 5.15. The van der Waals surface area contributed by atoms with Gasteiger partial charge >= 0.3 is 0 Å². The number of hydrogen-bond donors (Lipinski definition) is 1. The number of methoxy groups -OCH3 is 1. The highest BCUT2D eigenvalue weighted by Gasteiger charge is 2.34. The van der Waals surface area contributed by atoms with Crippen LogP contribution < -0.4 is 4.74 Å². The molecule has 0 aliphatic heterocycles. The number of rotatable bonds is 3. The molecule has 0 saturated heterocycles. The van der Waals surface area contributed by atoms with Crippen LogP contribution in [0.3, 0.4) is 0 Å². The van der Waals surface area contributed by atoms with Crippen molar-refractivity contribution in [3.05, 3.63) is 29.8 Å². The van der Waals surface area contributed by atoms with E-state index in [1.54, 1.807) is 7.11 Å². The highest BCUT2D eigenvalue weighted by atomic mass is 16.5. The minimum absolute atomic E-state index is 0.393. The van der Waals surface area contributed by atoms with Crippen LogP contribution in [0.25, 0.3) is 0 Å². The van der Waals surface area contributed by atoms with E-state index in [1.807, 2.05) is 31.2 Å². The SMILES string of the molecule is COc1ccc([C@@](C)(O)C2CCCCC2)cc1. The van der Waals surface area contributed by atoms with Gasteiger partial charge in [-0.05, 0) is 43.4 Å². The Kier molecular flexibility index (Phi) is 3.72. The zero-order valence-electron chi connectivity index (χ0n) is 10.8. The summed E-state index contributed by atoms with van der Waals surface area (Å²) in [4.78, 5) is 0. The van der Waals surface area contributed by atoms with Gasteiger partial charge in [0.1, 0.15) is 5.75 Å². The summed E-state index contributed by atoms with van der Waals surface area (Å²) in [5.74, 6) is 1.23. The molecule has 0 bridgehead atoms. The first kappa shape index (κ1) is 12.4. The van der Waals surface area contributed by atoms with Gasteiger partial charge in [-0.15, -0.1) is 0 Å². The van der Waals surface area contributed by atoms with Crippen molar-refractivity contribution < 1.29 is 9.84 Å². The lowest BCUT2D eigenvalue weighted by Crippen LogP contribution is -2.33. The molecule has 1 aromatic rings. The van der Waals surface area contributed by atoms with Crippen molar-refractivity contribution in [3.8, 4) is 5.75 Å². The third-order valence-electron chi connectivity index (χ3n) is 4.07. The third kappa shape index (κ3) is 2.63. The second kappa shape index (κ2) is 5.09. The Balaban J connectivity index is 2.17. The number of aliphatic hydroxyl groups is 1. The van der Waals surface area contributed by atoms with E-state index in [-0.39, 0.29) is 0 Å². The summed E-state index contributed by atoms with van der Waals surface area (Å²) in [5, 5.41) is 10.7. The van der Waals surface area contributed by atoms with Crippen LogP contribution >= 0.6 is 0 Å². The van der Waals surface area contributed by atoms with Gasteiger partial charge in [0.2, 0.25) is 0 Å². The zero-order valence-corrected chi connectivity index (χ0v) is 10.8. The summed E-state index contributed by atoms with van der Waals surface area (Å²) >= 11 is 0. The molecule has 1 fully saturated rings. The van der Waals surface area contributed by atoms with Crippen molar-refractivity contribution >= 4 is 0 Å². The average Bonchev–Trinajstić information content (AvgIpc) is 2.40. The molecule has 0 unspecified atom stereocenters. The van der Waals surface area contributed by atoms with Crippen molar-refractivity contribution in [1.82, 2.24) is 0 Å². The fourth-order valence-electron chi connectivity index (χ4n) is 2.83. The van der Waals surface area contributed by atoms with Crippen molar-refractivity contribution in [1.29, 1.82) is 0 Å². The Hall–Kier alpha value is -1.02. The van der Waals surface area contributed by atoms with Crippen LogP contribution in [0.4, 0.5) is 0 Å². The minimum atomic E-state index is -0.702. The second-order valence-electron chi connectivity index (χ2n) is 5.21. The first-order chi connectivity index (χ1) is 8.14. The molecular weight excluding hydrogens is 212 g/mol. The Morgan fingerprint density at radius 2 is 1.71 bits per heavy atom. The second-order valence-corrected chi connectivity index (χ2v) is 5.21. The Bertz CT molecular complexity index is 348. The van der Waals surface area contributed by atoms with Gasteiger partial charge in [-0.2, -0.15) is 0 Å². The summed E-state index contributed by atoms with van der Waals surface area (Å²) in [6, 6.07) is 7.81. The molecule has 17 heavy (non-hydrogen) atoms. The maximum Gasteiger partial charge on any atom is 0.118 e. The lowest BCUT2D eigenvalue weighted by molar-refractivity contribution is -0.0215. The number of hydrogen-bond acceptors (Lipinski definition) is 2. The molecule has 1 atom stereocenters. The van der Waals surface area contributed by atoms with E-state index in [1.165, 1.54) is 19.3 Å². The molecule has 0 amide bonds. The Labute approximate surface area is 104 Å².